The Balaban J connectivity index is 0.00000361. The van der Waals surface area contributed by atoms with Gasteiger partial charge < -0.3 is 5.11 Å². The summed E-state index contributed by atoms with van der Waals surface area (Å²) in [6.45, 7) is 0.601. The monoisotopic (exact) mass is 338 g/mol. The Hall–Kier alpha value is 1.04. The Morgan fingerprint density at radius 2 is 1.40 bits per heavy atom. The zero-order chi connectivity index (χ0) is 15.5. The first-order valence-electron chi connectivity index (χ1n) is 5.32. The number of alkyl halides is 8. The smallest absolute Gasteiger partial charge is 0.839 e. The van der Waals surface area contributed by atoms with Gasteiger partial charge in [0, 0.05) is 6.92 Å². The molecule has 114 valence electrons. The maximum atomic E-state index is 13.9. The second kappa shape index (κ2) is 5.59. The standard InChI is InChI=1S/C10H11F8O.K/c1-5-3-7(13,6(2,11)12)9(14,15)8(19,4-5)10(16,17)18;/h5H,3-4H2,1-2H3;/q-1;+1. The number of hydrogen-bond donors (Lipinski definition) is 0. The Labute approximate surface area is 152 Å². The number of hydrogen-bond acceptors (Lipinski definition) is 1. The van der Waals surface area contributed by atoms with Crippen molar-refractivity contribution in [3.8, 4) is 0 Å². The molecule has 1 aliphatic carbocycles. The molecule has 0 aliphatic heterocycles. The van der Waals surface area contributed by atoms with Gasteiger partial charge in [-0.3, -0.25) is 0 Å². The van der Waals surface area contributed by atoms with Crippen molar-refractivity contribution in [2.75, 3.05) is 0 Å². The zero-order valence-electron chi connectivity index (χ0n) is 10.9. The summed E-state index contributed by atoms with van der Waals surface area (Å²) < 4.78 is 105. The van der Waals surface area contributed by atoms with Gasteiger partial charge in [0.05, 0.1) is 5.60 Å². The molecule has 1 rings (SSSR count). The molecule has 0 bridgehead atoms. The van der Waals surface area contributed by atoms with Gasteiger partial charge in [0.15, 0.2) is 0 Å². The molecule has 1 fully saturated rings. The van der Waals surface area contributed by atoms with Crippen molar-refractivity contribution in [1.29, 1.82) is 0 Å². The van der Waals surface area contributed by atoms with Crippen LogP contribution < -0.4 is 56.5 Å². The topological polar surface area (TPSA) is 23.1 Å². The van der Waals surface area contributed by atoms with Crippen LogP contribution in [0.15, 0.2) is 0 Å². The Bertz CT molecular complexity index is 333. The van der Waals surface area contributed by atoms with Crippen molar-refractivity contribution in [1.82, 2.24) is 0 Å². The maximum Gasteiger partial charge on any atom is 1.00 e. The predicted molar refractivity (Wildman–Crippen MR) is 46.6 cm³/mol. The molecule has 20 heavy (non-hydrogen) atoms. The van der Waals surface area contributed by atoms with Crippen LogP contribution in [0.5, 0.6) is 0 Å². The fourth-order valence-electron chi connectivity index (χ4n) is 2.37. The average Bonchev–Trinajstić information content (AvgIpc) is 2.10. The first-order valence-corrected chi connectivity index (χ1v) is 5.32. The SMILES string of the molecule is CC1CC([O-])(C(F)(F)F)C(F)(F)C(F)(C(C)(F)F)C1.[K+]. The fraction of sp³-hybridized carbons (Fsp3) is 1.00. The van der Waals surface area contributed by atoms with Crippen LogP contribution in [0.1, 0.15) is 26.7 Å². The molecule has 0 spiro atoms. The second-order valence-electron chi connectivity index (χ2n) is 5.10. The van der Waals surface area contributed by atoms with E-state index in [1.165, 1.54) is 0 Å². The maximum absolute atomic E-state index is 13.9. The minimum Gasteiger partial charge on any atom is -0.839 e. The third-order valence-corrected chi connectivity index (χ3v) is 3.42. The average molecular weight is 338 g/mol. The molecule has 0 saturated heterocycles. The van der Waals surface area contributed by atoms with E-state index in [1.54, 1.807) is 0 Å². The summed E-state index contributed by atoms with van der Waals surface area (Å²) in [7, 11) is 0. The van der Waals surface area contributed by atoms with E-state index in [0.717, 1.165) is 6.92 Å². The molecular weight excluding hydrogens is 327 g/mol. The van der Waals surface area contributed by atoms with Crippen LogP contribution in [-0.2, 0) is 0 Å². The normalized spacial score (nSPS) is 38.2. The molecule has 1 nitrogen and oxygen atoms in total. The molecule has 10 heteroatoms. The van der Waals surface area contributed by atoms with E-state index in [4.69, 9.17) is 0 Å². The molecule has 0 aromatic carbocycles. The van der Waals surface area contributed by atoms with E-state index in [1.807, 2.05) is 0 Å². The first kappa shape index (κ1) is 21.0. The van der Waals surface area contributed by atoms with Crippen molar-refractivity contribution in [2.24, 2.45) is 5.92 Å². The summed E-state index contributed by atoms with van der Waals surface area (Å²) >= 11 is 0. The largest absolute Gasteiger partial charge is 1.00 e. The van der Waals surface area contributed by atoms with Gasteiger partial charge in [0.25, 0.3) is 11.8 Å². The van der Waals surface area contributed by atoms with Crippen molar-refractivity contribution >= 4 is 0 Å². The summed E-state index contributed by atoms with van der Waals surface area (Å²) in [6, 6.07) is 0. The van der Waals surface area contributed by atoms with Gasteiger partial charge in [-0.1, -0.05) is 6.92 Å². The molecule has 3 unspecified atom stereocenters. The molecule has 1 aliphatic rings. The van der Waals surface area contributed by atoms with Crippen LogP contribution in [0, 0.1) is 5.92 Å². The molecule has 0 N–H and O–H groups in total. The fourth-order valence-corrected chi connectivity index (χ4v) is 2.37. The van der Waals surface area contributed by atoms with Crippen LogP contribution in [-0.4, -0.2) is 29.3 Å². The summed E-state index contributed by atoms with van der Waals surface area (Å²) in [4.78, 5) is 0. The molecule has 3 atom stereocenters. The molecule has 0 aromatic rings. The van der Waals surface area contributed by atoms with Crippen LogP contribution in [0.2, 0.25) is 0 Å². The van der Waals surface area contributed by atoms with Gasteiger partial charge in [-0.25, -0.2) is 22.0 Å². The van der Waals surface area contributed by atoms with Gasteiger partial charge in [-0.15, -0.1) is 0 Å². The van der Waals surface area contributed by atoms with Gasteiger partial charge in [-0.2, -0.15) is 13.2 Å². The Morgan fingerprint density at radius 1 is 1.00 bits per heavy atom. The third-order valence-electron chi connectivity index (χ3n) is 3.42. The van der Waals surface area contributed by atoms with E-state index >= 15 is 0 Å². The molecule has 0 aromatic heterocycles. The van der Waals surface area contributed by atoms with Crippen molar-refractivity contribution in [2.45, 2.75) is 56.0 Å². The van der Waals surface area contributed by atoms with Gasteiger partial charge >= 0.3 is 57.6 Å². The quantitative estimate of drug-likeness (QED) is 0.491. The van der Waals surface area contributed by atoms with Gasteiger partial charge in [-0.05, 0) is 18.8 Å². The second-order valence-corrected chi connectivity index (χ2v) is 5.10. The van der Waals surface area contributed by atoms with Crippen molar-refractivity contribution < 1.29 is 91.6 Å². The van der Waals surface area contributed by atoms with E-state index < -0.39 is 48.1 Å². The van der Waals surface area contributed by atoms with Crippen LogP contribution in [0.4, 0.5) is 35.1 Å². The van der Waals surface area contributed by atoms with E-state index in [0.29, 0.717) is 0 Å². The van der Waals surface area contributed by atoms with Crippen LogP contribution in [0.3, 0.4) is 0 Å². The molecule has 0 heterocycles. The van der Waals surface area contributed by atoms with E-state index in [2.05, 4.69) is 0 Å². The number of rotatable bonds is 1. The van der Waals surface area contributed by atoms with E-state index in [9.17, 15) is 40.2 Å². The molecule has 0 amide bonds. The predicted octanol–water partition coefficient (Wildman–Crippen LogP) is 0.0805. The van der Waals surface area contributed by atoms with Gasteiger partial charge in [0.1, 0.15) is 0 Å². The summed E-state index contributed by atoms with van der Waals surface area (Å²) in [6.07, 6.45) is -9.19. The minimum absolute atomic E-state index is 0. The van der Waals surface area contributed by atoms with Crippen LogP contribution in [0.25, 0.3) is 0 Å². The van der Waals surface area contributed by atoms with E-state index in [-0.39, 0.29) is 58.3 Å². The van der Waals surface area contributed by atoms with Crippen LogP contribution >= 0.6 is 0 Å². The summed E-state index contributed by atoms with van der Waals surface area (Å²) in [5.74, 6) is -12.1. The number of halogens is 8. The van der Waals surface area contributed by atoms with Gasteiger partial charge in [0.2, 0.25) is 5.67 Å². The zero-order valence-corrected chi connectivity index (χ0v) is 14.0. The van der Waals surface area contributed by atoms with Crippen molar-refractivity contribution in [3.05, 3.63) is 0 Å². The summed E-state index contributed by atoms with van der Waals surface area (Å²) in [5.41, 5.74) is -9.89. The molecule has 0 radical (unpaired) electrons. The Kier molecular flexibility index (Phi) is 5.88. The Morgan fingerprint density at radius 3 is 1.70 bits per heavy atom. The summed E-state index contributed by atoms with van der Waals surface area (Å²) in [5, 5.41) is 11.4. The molecular formula is C10H11F8KO. The first-order chi connectivity index (χ1) is 8.10. The van der Waals surface area contributed by atoms with Crippen molar-refractivity contribution in [3.63, 3.8) is 0 Å². The minimum atomic E-state index is -6.03. The molecule has 1 saturated carbocycles. The third kappa shape index (κ3) is 2.80.